The van der Waals surface area contributed by atoms with E-state index < -0.39 is 0 Å². The van der Waals surface area contributed by atoms with Gasteiger partial charge < -0.3 is 5.73 Å². The summed E-state index contributed by atoms with van der Waals surface area (Å²) in [6, 6.07) is 0. The number of aryl methyl sites for hydroxylation is 1. The minimum atomic E-state index is 0.0454. The first-order chi connectivity index (χ1) is 17.5. The van der Waals surface area contributed by atoms with Crippen LogP contribution in [0.1, 0.15) is 43.7 Å². The number of nitrogen functional groups attached to an aromatic ring is 1. The third-order valence-electron chi connectivity index (χ3n) is 4.88. The Kier molecular flexibility index (Phi) is 7.46. The van der Waals surface area contributed by atoms with Crippen LogP contribution in [0.25, 0.3) is 11.9 Å². The van der Waals surface area contributed by atoms with Crippen molar-refractivity contribution in [3.05, 3.63) is 17.5 Å². The summed E-state index contributed by atoms with van der Waals surface area (Å²) in [6.07, 6.45) is 3.81. The molecule has 0 aromatic carbocycles. The molecule has 0 aliphatic rings. The molecule has 0 aliphatic carbocycles. The largest absolute Gasteiger partial charge is 0.368 e. The highest BCUT2D eigenvalue weighted by Crippen LogP contribution is 2.12. The molecule has 0 unspecified atom stereocenters. The number of nitrogens with two attached hydrogens (primary N) is 1. The minimum Gasteiger partial charge on any atom is -0.368 e. The third-order valence-corrected chi connectivity index (χ3v) is 4.88. The van der Waals surface area contributed by atoms with Gasteiger partial charge in [-0.3, -0.25) is 10.1 Å². The lowest BCUT2D eigenvalue weighted by atomic mass is 10.1. The van der Waals surface area contributed by atoms with Crippen molar-refractivity contribution >= 4 is 17.6 Å². The van der Waals surface area contributed by atoms with Gasteiger partial charge in [-0.05, 0) is 31.4 Å². The Hall–Kier alpha value is -4.84. The quantitative estimate of drug-likeness (QED) is 0.114. The predicted molar refractivity (Wildman–Crippen MR) is 125 cm³/mol. The van der Waals surface area contributed by atoms with Gasteiger partial charge in [0, 0.05) is 26.2 Å². The van der Waals surface area contributed by atoms with Crippen LogP contribution in [0.2, 0.25) is 0 Å². The number of aromatic nitrogens is 14. The van der Waals surface area contributed by atoms with Crippen LogP contribution in [0, 0.1) is 0 Å². The van der Waals surface area contributed by atoms with Crippen molar-refractivity contribution in [1.29, 1.82) is 0 Å². The Morgan fingerprint density at radius 2 is 1.81 bits per heavy atom. The molecular formula is C17H25N19. The lowest BCUT2D eigenvalue weighted by Gasteiger charge is -2.03. The van der Waals surface area contributed by atoms with Crippen LogP contribution >= 0.6 is 0 Å². The highest BCUT2D eigenvalue weighted by Gasteiger charge is 2.16. The minimum absolute atomic E-state index is 0.0454. The molecule has 0 radical (unpaired) electrons. The maximum Gasteiger partial charge on any atom is 0.292 e. The lowest BCUT2D eigenvalue weighted by molar-refractivity contribution is 0.673. The van der Waals surface area contributed by atoms with Crippen molar-refractivity contribution in [2.45, 2.75) is 39.0 Å². The zero-order valence-corrected chi connectivity index (χ0v) is 20.2. The molecule has 0 saturated heterocycles. The lowest BCUT2D eigenvalue weighted by Crippen LogP contribution is -2.13. The Bertz CT molecular complexity index is 1330. The molecule has 0 bridgehead atoms. The SMILES string of the molecule is CN=NN(C)c1nc(N)n(-c2nnc(Cc3nc(-n4nnc(CCCCC(C)=NC)n4)n[nH]3)nn2)n1. The molecule has 4 aromatic heterocycles. The van der Waals surface area contributed by atoms with Gasteiger partial charge in [0.25, 0.3) is 17.8 Å². The molecule has 0 aliphatic heterocycles. The number of nitrogens with zero attached hydrogens (tertiary/aromatic N) is 17. The van der Waals surface area contributed by atoms with Gasteiger partial charge >= 0.3 is 0 Å². The first-order valence-electron chi connectivity index (χ1n) is 10.9. The number of unbranched alkanes of at least 4 members (excludes halogenated alkanes) is 1. The Morgan fingerprint density at radius 1 is 1.00 bits per heavy atom. The molecule has 0 atom stereocenters. The molecule has 3 N–H and O–H groups in total. The van der Waals surface area contributed by atoms with Crippen LogP contribution in [-0.4, -0.2) is 97.4 Å². The van der Waals surface area contributed by atoms with Crippen LogP contribution in [0.15, 0.2) is 15.3 Å². The number of aliphatic imine (C=N–C) groups is 1. The number of tetrazole rings is 1. The van der Waals surface area contributed by atoms with E-state index in [1.54, 1.807) is 14.1 Å². The summed E-state index contributed by atoms with van der Waals surface area (Å²) in [7, 11) is 4.95. The molecule has 36 heavy (non-hydrogen) atoms. The second-order valence-corrected chi connectivity index (χ2v) is 7.53. The molecule has 0 amide bonds. The predicted octanol–water partition coefficient (Wildman–Crippen LogP) is -0.649. The van der Waals surface area contributed by atoms with E-state index in [1.807, 2.05) is 6.92 Å². The van der Waals surface area contributed by atoms with Gasteiger partial charge in [-0.1, -0.05) is 10.0 Å². The monoisotopic (exact) mass is 495 g/mol. The molecule has 4 heterocycles. The summed E-state index contributed by atoms with van der Waals surface area (Å²) >= 11 is 0. The summed E-state index contributed by atoms with van der Waals surface area (Å²) in [5, 5.41) is 48.5. The Balaban J connectivity index is 1.36. The van der Waals surface area contributed by atoms with Crippen LogP contribution in [-0.2, 0) is 12.8 Å². The average Bonchev–Trinajstić information content (AvgIpc) is 3.62. The number of hydrogen-bond donors (Lipinski definition) is 2. The topological polar surface area (TPSA) is 234 Å². The van der Waals surface area contributed by atoms with Crippen LogP contribution in [0.5, 0.6) is 0 Å². The highest BCUT2D eigenvalue weighted by molar-refractivity contribution is 5.81. The number of anilines is 2. The van der Waals surface area contributed by atoms with Gasteiger partial charge in [0.05, 0.1) is 13.5 Å². The Labute approximate surface area is 204 Å². The first-order valence-corrected chi connectivity index (χ1v) is 10.9. The molecule has 19 heteroatoms. The normalized spacial score (nSPS) is 12.1. The maximum absolute atomic E-state index is 5.89. The molecule has 0 fully saturated rings. The molecule has 0 spiro atoms. The van der Waals surface area contributed by atoms with E-state index in [0.717, 1.165) is 25.0 Å². The molecule has 0 saturated carbocycles. The van der Waals surface area contributed by atoms with Crippen LogP contribution in [0.3, 0.4) is 0 Å². The van der Waals surface area contributed by atoms with Crippen molar-refractivity contribution in [2.75, 3.05) is 31.9 Å². The average molecular weight is 496 g/mol. The van der Waals surface area contributed by atoms with Gasteiger partial charge in [0.15, 0.2) is 11.6 Å². The smallest absolute Gasteiger partial charge is 0.292 e. The fourth-order valence-electron chi connectivity index (χ4n) is 2.98. The van der Waals surface area contributed by atoms with Gasteiger partial charge in [-0.2, -0.15) is 19.8 Å². The van der Waals surface area contributed by atoms with E-state index in [0.29, 0.717) is 23.9 Å². The first kappa shape index (κ1) is 24.3. The second-order valence-electron chi connectivity index (χ2n) is 7.53. The molecular weight excluding hydrogens is 470 g/mol. The van der Waals surface area contributed by atoms with E-state index in [2.05, 4.69) is 76.4 Å². The van der Waals surface area contributed by atoms with E-state index >= 15 is 0 Å². The van der Waals surface area contributed by atoms with Gasteiger partial charge in [-0.25, -0.2) is 5.01 Å². The van der Waals surface area contributed by atoms with Crippen molar-refractivity contribution in [3.63, 3.8) is 0 Å². The van der Waals surface area contributed by atoms with Crippen molar-refractivity contribution < 1.29 is 0 Å². The summed E-state index contributed by atoms with van der Waals surface area (Å²) in [4.78, 5) is 13.9. The fraction of sp³-hybridized carbons (Fsp3) is 0.529. The summed E-state index contributed by atoms with van der Waals surface area (Å²) in [5.41, 5.74) is 7.02. The fourth-order valence-corrected chi connectivity index (χ4v) is 2.98. The van der Waals surface area contributed by atoms with Gasteiger partial charge in [-0.15, -0.1) is 40.8 Å². The number of nitrogens with one attached hydrogen (secondary N) is 1. The van der Waals surface area contributed by atoms with E-state index in [1.165, 1.54) is 21.5 Å². The molecule has 19 nitrogen and oxygen atoms in total. The summed E-state index contributed by atoms with van der Waals surface area (Å²) in [5.74, 6) is 1.96. The van der Waals surface area contributed by atoms with Crippen LogP contribution in [0.4, 0.5) is 11.9 Å². The maximum atomic E-state index is 5.89. The number of hydrogen-bond acceptors (Lipinski definition) is 15. The summed E-state index contributed by atoms with van der Waals surface area (Å²) < 4.78 is 1.19. The van der Waals surface area contributed by atoms with Crippen molar-refractivity contribution in [3.8, 4) is 11.9 Å². The van der Waals surface area contributed by atoms with Gasteiger partial charge in [0.2, 0.25) is 5.95 Å². The van der Waals surface area contributed by atoms with Crippen molar-refractivity contribution in [1.82, 2.24) is 70.5 Å². The number of H-pyrrole nitrogens is 1. The second kappa shape index (κ2) is 11.1. The standard InChI is InChI=1S/C17H25N19/c1-10(19-2)7-5-6-8-11-26-33-36(30-11)15-21-12(23-27-15)9-13-24-28-17(29-25-13)35-14(18)22-16(31-35)34(4)32-20-3/h5-9H2,1-4H3,(H2,18,22,31)(H,21,23,27). The highest BCUT2D eigenvalue weighted by atomic mass is 15.6. The molecule has 4 rings (SSSR count). The van der Waals surface area contributed by atoms with Gasteiger partial charge in [0.1, 0.15) is 5.82 Å². The molecule has 4 aromatic rings. The zero-order valence-electron chi connectivity index (χ0n) is 20.2. The van der Waals surface area contributed by atoms with E-state index in [-0.39, 0.29) is 30.2 Å². The van der Waals surface area contributed by atoms with E-state index in [4.69, 9.17) is 5.73 Å². The number of aromatic amines is 1. The zero-order chi connectivity index (χ0) is 25.5. The van der Waals surface area contributed by atoms with Crippen molar-refractivity contribution in [2.24, 2.45) is 15.3 Å². The summed E-state index contributed by atoms with van der Waals surface area (Å²) in [6.45, 7) is 2.02. The molecule has 188 valence electrons. The Morgan fingerprint density at radius 3 is 2.56 bits per heavy atom. The van der Waals surface area contributed by atoms with Crippen LogP contribution < -0.4 is 10.7 Å². The van der Waals surface area contributed by atoms with E-state index in [9.17, 15) is 0 Å². The third kappa shape index (κ3) is 5.80. The number of rotatable bonds is 11.